The molecule has 6 nitrogen and oxygen atoms in total. The molecule has 0 aromatic carbocycles. The zero-order chi connectivity index (χ0) is 10.7. The summed E-state index contributed by atoms with van der Waals surface area (Å²) in [5.41, 5.74) is 0. The SMILES string of the molecule is N#[C][Fe-4]([C]#N)([C]#N)([C]#N)([C]#N)[C]#N.[Ba+2].[Ba+2]. The summed E-state index contributed by atoms with van der Waals surface area (Å²) in [5, 5.41) is 51.5. The molecule has 0 rings (SSSR count). The van der Waals surface area contributed by atoms with Crippen molar-refractivity contribution >= 4 is 97.8 Å². The number of hydrogen-bond donors (Lipinski definition) is 0. The molecule has 66 valence electrons. The Morgan fingerprint density at radius 2 is 0.600 bits per heavy atom. The Kier molecular flexibility index (Phi) is 8.09. The number of nitrogens with zero attached hydrogens (tertiary/aromatic N) is 6. The average Bonchev–Trinajstić information content (AvgIpc) is 2.26. The van der Waals surface area contributed by atoms with E-state index in [0.29, 0.717) is 0 Å². The maximum absolute atomic E-state index is 8.58. The van der Waals surface area contributed by atoms with E-state index in [1.807, 2.05) is 0 Å². The van der Waals surface area contributed by atoms with Crippen LogP contribution in [0, 0.1) is 61.4 Å². The van der Waals surface area contributed by atoms with E-state index in [9.17, 15) is 0 Å². The smallest absolute Gasteiger partial charge is 2.00 e. The van der Waals surface area contributed by atoms with Gasteiger partial charge in [0.1, 0.15) is 0 Å². The van der Waals surface area contributed by atoms with Gasteiger partial charge < -0.3 is 0 Å². The van der Waals surface area contributed by atoms with Crippen LogP contribution in [0.1, 0.15) is 0 Å². The molecule has 0 heterocycles. The minimum absolute atomic E-state index is 0. The van der Waals surface area contributed by atoms with Gasteiger partial charge in [-0.05, 0) is 0 Å². The molecule has 0 aliphatic heterocycles. The molecule has 0 aliphatic rings. The van der Waals surface area contributed by atoms with Crippen LogP contribution in [0.25, 0.3) is 0 Å². The molecule has 0 N–H and O–H groups in total. The zero-order valence-electron chi connectivity index (χ0n) is 7.45. The van der Waals surface area contributed by atoms with Crippen LogP contribution < -0.4 is 0 Å². The number of rotatable bonds is 0. The van der Waals surface area contributed by atoms with E-state index in [-0.39, 0.29) is 97.8 Å². The molecule has 0 unspecified atom stereocenters. The molecule has 0 aromatic rings. The van der Waals surface area contributed by atoms with Crippen molar-refractivity contribution in [3.8, 4) is 29.8 Å². The van der Waals surface area contributed by atoms with Crippen LogP contribution in [-0.2, 0) is 10.7 Å². The van der Waals surface area contributed by atoms with Crippen molar-refractivity contribution < 1.29 is 10.7 Å². The van der Waals surface area contributed by atoms with Gasteiger partial charge in [0, 0.05) is 0 Å². The summed E-state index contributed by atoms with van der Waals surface area (Å²) in [6.45, 7) is 0. The second-order valence-corrected chi connectivity index (χ2v) is 7.42. The van der Waals surface area contributed by atoms with E-state index in [1.165, 1.54) is 0 Å². The van der Waals surface area contributed by atoms with Gasteiger partial charge in [-0.2, -0.15) is 0 Å². The molecule has 0 amide bonds. The zero-order valence-corrected chi connectivity index (χ0v) is 17.4. The van der Waals surface area contributed by atoms with Gasteiger partial charge in [0.2, 0.25) is 0 Å². The largest absolute Gasteiger partial charge is 2.00 e. The van der Waals surface area contributed by atoms with Crippen LogP contribution in [0.15, 0.2) is 0 Å². The molecule has 0 bridgehead atoms. The molecule has 0 fully saturated rings. The maximum Gasteiger partial charge on any atom is 2.00 e. The Balaban J connectivity index is -0.000000720. The van der Waals surface area contributed by atoms with E-state index >= 15 is 0 Å². The first kappa shape index (κ1) is 20.9. The standard InChI is InChI=1S/6CN.2Ba.Fe/c6*1-2;;;/q;;;;;;2*+2;-4. The Labute approximate surface area is 166 Å². The molecule has 0 saturated carbocycles. The molecule has 9 heteroatoms. The van der Waals surface area contributed by atoms with Gasteiger partial charge in [-0.1, -0.05) is 0 Å². The fourth-order valence-corrected chi connectivity index (χ4v) is 1.09. The van der Waals surface area contributed by atoms with E-state index in [2.05, 4.69) is 0 Å². The molecular weight excluding hydrogens is 487 g/mol. The van der Waals surface area contributed by atoms with Crippen molar-refractivity contribution in [2.45, 2.75) is 0 Å². The van der Waals surface area contributed by atoms with Gasteiger partial charge in [0.05, 0.1) is 0 Å². The molecular formula is C6Ba2FeN6. The first-order valence-electron chi connectivity index (χ1n) is 2.40. The predicted molar refractivity (Wildman–Crippen MR) is 45.2 cm³/mol. The Morgan fingerprint density at radius 3 is 0.600 bits per heavy atom. The van der Waals surface area contributed by atoms with Crippen LogP contribution in [0.4, 0.5) is 0 Å². The van der Waals surface area contributed by atoms with Crippen LogP contribution in [0.5, 0.6) is 0 Å². The fraction of sp³-hybridized carbons (Fsp3) is 0. The summed E-state index contributed by atoms with van der Waals surface area (Å²) in [4.78, 5) is 6.19. The third kappa shape index (κ3) is 2.48. The van der Waals surface area contributed by atoms with Crippen molar-refractivity contribution in [1.29, 1.82) is 31.6 Å². The van der Waals surface area contributed by atoms with Crippen LogP contribution in [0.3, 0.4) is 0 Å². The van der Waals surface area contributed by atoms with E-state index < -0.39 is 10.7 Å². The predicted octanol–water partition coefficient (Wildman–Crippen LogP) is -0.663. The van der Waals surface area contributed by atoms with Crippen molar-refractivity contribution in [3.05, 3.63) is 0 Å². The second kappa shape index (κ2) is 5.79. The third-order valence-electron chi connectivity index (χ3n) is 1.19. The molecule has 0 spiro atoms. The summed E-state index contributed by atoms with van der Waals surface area (Å²) >= 11 is 0. The molecule has 0 atom stereocenters. The maximum atomic E-state index is 8.58. The van der Waals surface area contributed by atoms with Crippen molar-refractivity contribution in [2.75, 3.05) is 0 Å². The summed E-state index contributed by atoms with van der Waals surface area (Å²) < 4.78 is 0. The number of hydrogen-bond acceptors (Lipinski definition) is 6. The van der Waals surface area contributed by atoms with Gasteiger partial charge >= 0.3 is 170 Å². The molecule has 15 heavy (non-hydrogen) atoms. The third-order valence-corrected chi connectivity index (χ3v) is 4.89. The van der Waals surface area contributed by atoms with E-state index in [1.54, 1.807) is 0 Å². The molecule has 0 aliphatic carbocycles. The van der Waals surface area contributed by atoms with Gasteiger partial charge in [0.25, 0.3) is 0 Å². The Morgan fingerprint density at radius 1 is 0.467 bits per heavy atom. The Hall–Kier alpha value is 0.602. The summed E-state index contributed by atoms with van der Waals surface area (Å²) in [7, 11) is -6.17. The molecule has 0 aromatic heterocycles. The quantitative estimate of drug-likeness (QED) is 0.416. The van der Waals surface area contributed by atoms with E-state index in [4.69, 9.17) is 31.6 Å². The first-order valence-corrected chi connectivity index (χ1v) is 5.71. The summed E-state index contributed by atoms with van der Waals surface area (Å²) in [5.74, 6) is 0. The van der Waals surface area contributed by atoms with Crippen LogP contribution in [0.2, 0.25) is 0 Å². The van der Waals surface area contributed by atoms with Gasteiger partial charge in [0.15, 0.2) is 0 Å². The minimum Gasteiger partial charge on any atom is 2.00 e. The summed E-state index contributed by atoms with van der Waals surface area (Å²) in [6, 6.07) is 0. The van der Waals surface area contributed by atoms with E-state index in [0.717, 1.165) is 29.8 Å². The van der Waals surface area contributed by atoms with Crippen molar-refractivity contribution in [3.63, 3.8) is 0 Å². The average molecular weight is 487 g/mol. The Bertz CT molecular complexity index is 395. The normalized spacial score (nSPS) is 11.6. The fourth-order valence-electron chi connectivity index (χ4n) is 0.265. The monoisotopic (exact) mass is 488 g/mol. The van der Waals surface area contributed by atoms with Gasteiger partial charge in [-0.25, -0.2) is 0 Å². The topological polar surface area (TPSA) is 143 Å². The molecule has 0 saturated heterocycles. The first-order chi connectivity index (χ1) is 5.97. The minimum atomic E-state index is -6.17. The van der Waals surface area contributed by atoms with Crippen molar-refractivity contribution in [2.24, 2.45) is 0 Å². The van der Waals surface area contributed by atoms with Crippen LogP contribution >= 0.6 is 0 Å². The molecule has 0 radical (unpaired) electrons. The summed E-state index contributed by atoms with van der Waals surface area (Å²) in [6.07, 6.45) is 0. The van der Waals surface area contributed by atoms with Crippen molar-refractivity contribution in [1.82, 2.24) is 0 Å². The van der Waals surface area contributed by atoms with Crippen LogP contribution in [-0.4, -0.2) is 97.8 Å². The second-order valence-electron chi connectivity index (χ2n) is 1.80. The van der Waals surface area contributed by atoms with Gasteiger partial charge in [-0.3, -0.25) is 0 Å². The number of nitriles is 6. The van der Waals surface area contributed by atoms with Gasteiger partial charge in [-0.15, -0.1) is 0 Å².